The van der Waals surface area contributed by atoms with Crippen LogP contribution in [0.3, 0.4) is 0 Å². The van der Waals surface area contributed by atoms with Crippen molar-refractivity contribution in [2.75, 3.05) is 6.61 Å². The maximum absolute atomic E-state index is 5.39. The summed E-state index contributed by atoms with van der Waals surface area (Å²) in [6.45, 7) is 5.10. The van der Waals surface area contributed by atoms with Gasteiger partial charge in [0.05, 0.1) is 6.61 Å². The van der Waals surface area contributed by atoms with Crippen molar-refractivity contribution >= 4 is 15.9 Å². The molecule has 1 saturated heterocycles. The van der Waals surface area contributed by atoms with Crippen molar-refractivity contribution in [1.82, 2.24) is 0 Å². The molecule has 1 unspecified atom stereocenters. The van der Waals surface area contributed by atoms with Crippen LogP contribution in [0.2, 0.25) is 0 Å². The minimum absolute atomic E-state index is 0.00475. The van der Waals surface area contributed by atoms with Crippen LogP contribution < -0.4 is 0 Å². The van der Waals surface area contributed by atoms with E-state index in [0.29, 0.717) is 0 Å². The fourth-order valence-electron chi connectivity index (χ4n) is 1.48. The van der Waals surface area contributed by atoms with E-state index < -0.39 is 0 Å². The van der Waals surface area contributed by atoms with Gasteiger partial charge in [-0.2, -0.15) is 0 Å². The summed E-state index contributed by atoms with van der Waals surface area (Å²) >= 11 is 3.44. The third kappa shape index (κ3) is 1.29. The number of hydrogen-bond donors (Lipinski definition) is 0. The van der Waals surface area contributed by atoms with Crippen molar-refractivity contribution in [2.45, 2.75) is 19.4 Å². The quantitative estimate of drug-likeness (QED) is 0.672. The number of aryl methyl sites for hydroxylation is 1. The molecule has 0 N–H and O–H groups in total. The van der Waals surface area contributed by atoms with Crippen LogP contribution in [0.25, 0.3) is 0 Å². The first kappa shape index (κ1) is 8.27. The molecule has 12 heavy (non-hydrogen) atoms. The molecule has 0 aliphatic carbocycles. The molecule has 1 fully saturated rings. The number of ether oxygens (including phenoxy) is 1. The lowest BCUT2D eigenvalue weighted by molar-refractivity contribution is 0.328. The zero-order chi connectivity index (χ0) is 8.77. The monoisotopic (exact) mass is 226 g/mol. The highest BCUT2D eigenvalue weighted by atomic mass is 79.9. The maximum atomic E-state index is 5.39. The highest BCUT2D eigenvalue weighted by Crippen LogP contribution is 2.40. The van der Waals surface area contributed by atoms with Gasteiger partial charge in [0.25, 0.3) is 0 Å². The van der Waals surface area contributed by atoms with Gasteiger partial charge in [-0.3, -0.25) is 0 Å². The zero-order valence-corrected chi connectivity index (χ0v) is 8.81. The second kappa shape index (κ2) is 2.57. The fraction of sp³-hybridized carbons (Fsp3) is 0.400. The van der Waals surface area contributed by atoms with Gasteiger partial charge in [-0.15, -0.1) is 0 Å². The molecule has 1 heterocycles. The lowest BCUT2D eigenvalue weighted by Crippen LogP contribution is -2.04. The zero-order valence-electron chi connectivity index (χ0n) is 7.23. The topological polar surface area (TPSA) is 12.5 Å². The van der Waals surface area contributed by atoms with Crippen LogP contribution in [0.4, 0.5) is 0 Å². The largest absolute Gasteiger partial charge is 0.365 e. The number of benzene rings is 1. The molecule has 64 valence electrons. The van der Waals surface area contributed by atoms with Gasteiger partial charge >= 0.3 is 0 Å². The van der Waals surface area contributed by atoms with E-state index in [2.05, 4.69) is 48.0 Å². The fourth-order valence-corrected chi connectivity index (χ4v) is 1.96. The van der Waals surface area contributed by atoms with Gasteiger partial charge in [0, 0.05) is 4.47 Å². The van der Waals surface area contributed by atoms with E-state index in [1.54, 1.807) is 0 Å². The van der Waals surface area contributed by atoms with Crippen molar-refractivity contribution in [3.63, 3.8) is 0 Å². The molecule has 0 aromatic heterocycles. The Hall–Kier alpha value is -0.340. The van der Waals surface area contributed by atoms with E-state index in [1.165, 1.54) is 11.1 Å². The average Bonchev–Trinajstić information content (AvgIpc) is 2.68. The highest BCUT2D eigenvalue weighted by molar-refractivity contribution is 9.10. The Morgan fingerprint density at radius 2 is 2.17 bits per heavy atom. The van der Waals surface area contributed by atoms with E-state index in [-0.39, 0.29) is 5.60 Å². The summed E-state index contributed by atoms with van der Waals surface area (Å²) in [7, 11) is 0. The first-order valence-electron chi connectivity index (χ1n) is 4.02. The van der Waals surface area contributed by atoms with Crippen molar-refractivity contribution in [3.05, 3.63) is 33.8 Å². The van der Waals surface area contributed by atoms with Gasteiger partial charge in [0.2, 0.25) is 0 Å². The Balaban J connectivity index is 2.45. The molecular weight excluding hydrogens is 216 g/mol. The van der Waals surface area contributed by atoms with Crippen LogP contribution in [0.1, 0.15) is 18.1 Å². The molecule has 0 bridgehead atoms. The van der Waals surface area contributed by atoms with E-state index in [9.17, 15) is 0 Å². The molecule has 1 aromatic rings. The molecule has 1 aromatic carbocycles. The van der Waals surface area contributed by atoms with Crippen LogP contribution in [0.15, 0.2) is 22.7 Å². The highest BCUT2D eigenvalue weighted by Gasteiger charge is 2.41. The molecule has 0 amide bonds. The molecule has 1 aliphatic heterocycles. The summed E-state index contributed by atoms with van der Waals surface area (Å²) in [5.41, 5.74) is 2.61. The average molecular weight is 227 g/mol. The Labute approximate surface area is 80.9 Å². The summed E-state index contributed by atoms with van der Waals surface area (Å²) in [5.74, 6) is 0. The first-order valence-corrected chi connectivity index (χ1v) is 4.82. The standard InChI is InChI=1S/C10H11BrO/c1-7-5-8(11)3-4-9(7)10(2)6-12-10/h3-5H,6H2,1-2H3. The summed E-state index contributed by atoms with van der Waals surface area (Å²) in [6.07, 6.45) is 0. The predicted molar refractivity (Wildman–Crippen MR) is 52.2 cm³/mol. The Morgan fingerprint density at radius 3 is 2.67 bits per heavy atom. The number of epoxide rings is 1. The van der Waals surface area contributed by atoms with Crippen molar-refractivity contribution in [2.24, 2.45) is 0 Å². The molecule has 1 nitrogen and oxygen atoms in total. The Bertz CT molecular complexity index is 316. The molecule has 2 heteroatoms. The van der Waals surface area contributed by atoms with Crippen LogP contribution >= 0.6 is 15.9 Å². The molecule has 2 rings (SSSR count). The van der Waals surface area contributed by atoms with Crippen molar-refractivity contribution in [3.8, 4) is 0 Å². The van der Waals surface area contributed by atoms with Crippen molar-refractivity contribution in [1.29, 1.82) is 0 Å². The lowest BCUT2D eigenvalue weighted by atomic mass is 9.97. The molecule has 0 saturated carbocycles. The normalized spacial score (nSPS) is 27.2. The van der Waals surface area contributed by atoms with Crippen LogP contribution in [-0.4, -0.2) is 6.61 Å². The summed E-state index contributed by atoms with van der Waals surface area (Å²) < 4.78 is 6.52. The maximum Gasteiger partial charge on any atom is 0.114 e. The number of rotatable bonds is 1. The van der Waals surface area contributed by atoms with E-state index in [1.807, 2.05) is 0 Å². The van der Waals surface area contributed by atoms with E-state index in [4.69, 9.17) is 4.74 Å². The number of halogens is 1. The van der Waals surface area contributed by atoms with Gasteiger partial charge < -0.3 is 4.74 Å². The Kier molecular flexibility index (Phi) is 1.77. The summed E-state index contributed by atoms with van der Waals surface area (Å²) in [6, 6.07) is 6.32. The molecule has 1 atom stereocenters. The summed E-state index contributed by atoms with van der Waals surface area (Å²) in [5, 5.41) is 0. The first-order chi connectivity index (χ1) is 5.62. The van der Waals surface area contributed by atoms with Crippen LogP contribution in [0, 0.1) is 6.92 Å². The summed E-state index contributed by atoms with van der Waals surface area (Å²) in [4.78, 5) is 0. The second-order valence-corrected chi connectivity index (χ2v) is 4.39. The van der Waals surface area contributed by atoms with Crippen LogP contribution in [0.5, 0.6) is 0 Å². The van der Waals surface area contributed by atoms with Crippen molar-refractivity contribution < 1.29 is 4.74 Å². The SMILES string of the molecule is Cc1cc(Br)ccc1C1(C)CO1. The van der Waals surface area contributed by atoms with Gasteiger partial charge in [0.1, 0.15) is 5.60 Å². The number of hydrogen-bond acceptors (Lipinski definition) is 1. The minimum Gasteiger partial charge on any atom is -0.365 e. The smallest absolute Gasteiger partial charge is 0.114 e. The minimum atomic E-state index is 0.00475. The molecular formula is C10H11BrO. The molecule has 0 spiro atoms. The van der Waals surface area contributed by atoms with Crippen LogP contribution in [-0.2, 0) is 10.3 Å². The van der Waals surface area contributed by atoms with E-state index in [0.717, 1.165) is 11.1 Å². The third-order valence-electron chi connectivity index (χ3n) is 2.34. The predicted octanol–water partition coefficient (Wildman–Crippen LogP) is 3.00. The lowest BCUT2D eigenvalue weighted by Gasteiger charge is -2.09. The van der Waals surface area contributed by atoms with Gasteiger partial charge in [0.15, 0.2) is 0 Å². The van der Waals surface area contributed by atoms with E-state index >= 15 is 0 Å². The Morgan fingerprint density at radius 1 is 1.50 bits per heavy atom. The molecule has 0 radical (unpaired) electrons. The van der Waals surface area contributed by atoms with Gasteiger partial charge in [-0.05, 0) is 37.1 Å². The molecule has 1 aliphatic rings. The van der Waals surface area contributed by atoms with Gasteiger partial charge in [-0.1, -0.05) is 22.0 Å². The second-order valence-electron chi connectivity index (χ2n) is 3.48. The van der Waals surface area contributed by atoms with Gasteiger partial charge in [-0.25, -0.2) is 0 Å². The third-order valence-corrected chi connectivity index (χ3v) is 2.83.